The zero-order valence-corrected chi connectivity index (χ0v) is 11.7. The van der Waals surface area contributed by atoms with Crippen molar-refractivity contribution in [1.29, 1.82) is 0 Å². The standard InChI is InChI=1S/C14H17ClN2O3/c15-10-3-1-9(2-4-10)13(18)16-11-5-7-12(8-6-11)17-14(19)20/h1-4,11-12,17H,5-8H2,(H,16,18)(H,19,20)/t11-,12-. The number of amides is 2. The molecule has 0 saturated heterocycles. The van der Waals surface area contributed by atoms with Crippen LogP contribution < -0.4 is 10.6 Å². The molecule has 0 spiro atoms. The highest BCUT2D eigenvalue weighted by Gasteiger charge is 2.23. The highest BCUT2D eigenvalue weighted by Crippen LogP contribution is 2.19. The van der Waals surface area contributed by atoms with Gasteiger partial charge >= 0.3 is 6.09 Å². The molecule has 1 aliphatic rings. The predicted octanol–water partition coefficient (Wildman–Crippen LogP) is 2.65. The Labute approximate surface area is 122 Å². The van der Waals surface area contributed by atoms with Crippen molar-refractivity contribution < 1.29 is 14.7 Å². The summed E-state index contributed by atoms with van der Waals surface area (Å²) in [7, 11) is 0. The molecule has 1 aliphatic carbocycles. The van der Waals surface area contributed by atoms with Gasteiger partial charge in [-0.1, -0.05) is 11.6 Å². The number of halogens is 1. The molecule has 2 amide bonds. The van der Waals surface area contributed by atoms with Gasteiger partial charge < -0.3 is 15.7 Å². The van der Waals surface area contributed by atoms with Crippen LogP contribution in [0.1, 0.15) is 36.0 Å². The number of benzene rings is 1. The molecule has 0 radical (unpaired) electrons. The molecule has 2 rings (SSSR count). The molecule has 0 atom stereocenters. The second-order valence-electron chi connectivity index (χ2n) is 4.98. The van der Waals surface area contributed by atoms with Gasteiger partial charge in [0.25, 0.3) is 5.91 Å². The lowest BCUT2D eigenvalue weighted by Crippen LogP contribution is -2.43. The van der Waals surface area contributed by atoms with Crippen LogP contribution in [0.3, 0.4) is 0 Å². The van der Waals surface area contributed by atoms with Crippen LogP contribution in [0.5, 0.6) is 0 Å². The van der Waals surface area contributed by atoms with Crippen LogP contribution in [0.4, 0.5) is 4.79 Å². The average molecular weight is 297 g/mol. The minimum Gasteiger partial charge on any atom is -0.465 e. The van der Waals surface area contributed by atoms with Gasteiger partial charge in [0, 0.05) is 22.7 Å². The Morgan fingerprint density at radius 2 is 1.50 bits per heavy atom. The summed E-state index contributed by atoms with van der Waals surface area (Å²) >= 11 is 5.78. The monoisotopic (exact) mass is 296 g/mol. The number of carboxylic acid groups (broad SMARTS) is 1. The molecule has 1 fully saturated rings. The Hall–Kier alpha value is -1.75. The molecule has 0 heterocycles. The summed E-state index contributed by atoms with van der Waals surface area (Å²) in [6.07, 6.45) is 2.07. The predicted molar refractivity (Wildman–Crippen MR) is 76.1 cm³/mol. The van der Waals surface area contributed by atoms with Gasteiger partial charge in [-0.2, -0.15) is 0 Å². The lowest BCUT2D eigenvalue weighted by molar-refractivity contribution is 0.0923. The van der Waals surface area contributed by atoms with Gasteiger partial charge in [-0.15, -0.1) is 0 Å². The highest BCUT2D eigenvalue weighted by molar-refractivity contribution is 6.30. The highest BCUT2D eigenvalue weighted by atomic mass is 35.5. The molecule has 0 aromatic heterocycles. The van der Waals surface area contributed by atoms with Crippen LogP contribution in [-0.2, 0) is 0 Å². The maximum atomic E-state index is 12.0. The molecule has 1 saturated carbocycles. The first-order valence-electron chi connectivity index (χ1n) is 6.60. The van der Waals surface area contributed by atoms with E-state index in [-0.39, 0.29) is 18.0 Å². The van der Waals surface area contributed by atoms with Gasteiger partial charge in [0.2, 0.25) is 0 Å². The van der Waals surface area contributed by atoms with E-state index in [1.54, 1.807) is 24.3 Å². The van der Waals surface area contributed by atoms with Gasteiger partial charge in [-0.3, -0.25) is 4.79 Å². The van der Waals surface area contributed by atoms with Crippen LogP contribution in [0.15, 0.2) is 24.3 Å². The number of hydrogen-bond donors (Lipinski definition) is 3. The van der Waals surface area contributed by atoms with Crippen LogP contribution in [-0.4, -0.2) is 29.2 Å². The summed E-state index contributed by atoms with van der Waals surface area (Å²) in [6.45, 7) is 0. The molecule has 20 heavy (non-hydrogen) atoms. The molecule has 108 valence electrons. The van der Waals surface area contributed by atoms with Crippen LogP contribution >= 0.6 is 11.6 Å². The van der Waals surface area contributed by atoms with Gasteiger partial charge in [-0.25, -0.2) is 4.79 Å². The fourth-order valence-electron chi connectivity index (χ4n) is 2.43. The maximum Gasteiger partial charge on any atom is 0.404 e. The Morgan fingerprint density at radius 1 is 1.00 bits per heavy atom. The third-order valence-electron chi connectivity index (χ3n) is 3.50. The first-order valence-corrected chi connectivity index (χ1v) is 6.98. The van der Waals surface area contributed by atoms with Crippen molar-refractivity contribution in [2.45, 2.75) is 37.8 Å². The van der Waals surface area contributed by atoms with Crippen molar-refractivity contribution >= 4 is 23.6 Å². The quantitative estimate of drug-likeness (QED) is 0.802. The summed E-state index contributed by atoms with van der Waals surface area (Å²) in [6, 6.07) is 6.85. The first kappa shape index (κ1) is 14.7. The fraction of sp³-hybridized carbons (Fsp3) is 0.429. The van der Waals surface area contributed by atoms with E-state index in [0.717, 1.165) is 25.7 Å². The minimum atomic E-state index is -0.987. The normalized spacial score (nSPS) is 22.1. The molecule has 0 unspecified atom stereocenters. The van der Waals surface area contributed by atoms with E-state index in [0.29, 0.717) is 10.6 Å². The zero-order valence-electron chi connectivity index (χ0n) is 10.9. The smallest absolute Gasteiger partial charge is 0.404 e. The Bertz CT molecular complexity index is 482. The van der Waals surface area contributed by atoms with Gasteiger partial charge in [0.05, 0.1) is 0 Å². The van der Waals surface area contributed by atoms with Gasteiger partial charge in [0.15, 0.2) is 0 Å². The van der Waals surface area contributed by atoms with E-state index in [1.165, 1.54) is 0 Å². The molecule has 0 aliphatic heterocycles. The fourth-order valence-corrected chi connectivity index (χ4v) is 2.55. The Morgan fingerprint density at radius 3 is 2.00 bits per heavy atom. The molecule has 5 nitrogen and oxygen atoms in total. The molecule has 6 heteroatoms. The minimum absolute atomic E-state index is 0.00353. The number of carbonyl (C=O) groups is 2. The summed E-state index contributed by atoms with van der Waals surface area (Å²) in [5, 5.41) is 14.7. The van der Waals surface area contributed by atoms with Crippen molar-refractivity contribution in [2.75, 3.05) is 0 Å². The lowest BCUT2D eigenvalue weighted by atomic mass is 9.91. The number of hydrogen-bond acceptors (Lipinski definition) is 2. The summed E-state index contributed by atoms with van der Waals surface area (Å²) in [5.41, 5.74) is 0.584. The van der Waals surface area contributed by atoms with Gasteiger partial charge in [0.1, 0.15) is 0 Å². The van der Waals surface area contributed by atoms with Crippen molar-refractivity contribution in [2.24, 2.45) is 0 Å². The lowest BCUT2D eigenvalue weighted by Gasteiger charge is -2.28. The second kappa shape index (κ2) is 6.61. The molecule has 0 bridgehead atoms. The van der Waals surface area contributed by atoms with E-state index < -0.39 is 6.09 Å². The maximum absolute atomic E-state index is 12.0. The van der Waals surface area contributed by atoms with Crippen molar-refractivity contribution in [3.05, 3.63) is 34.9 Å². The Kier molecular flexibility index (Phi) is 4.84. The second-order valence-corrected chi connectivity index (χ2v) is 5.41. The SMILES string of the molecule is O=C(O)N[C@H]1CC[C@H](NC(=O)c2ccc(Cl)cc2)CC1. The van der Waals surface area contributed by atoms with Crippen molar-refractivity contribution in [1.82, 2.24) is 10.6 Å². The number of rotatable bonds is 3. The topological polar surface area (TPSA) is 78.4 Å². The molecular weight excluding hydrogens is 280 g/mol. The van der Waals surface area contributed by atoms with E-state index in [1.807, 2.05) is 0 Å². The summed E-state index contributed by atoms with van der Waals surface area (Å²) in [4.78, 5) is 22.6. The van der Waals surface area contributed by atoms with E-state index in [2.05, 4.69) is 10.6 Å². The molecule has 1 aromatic rings. The number of carbonyl (C=O) groups excluding carboxylic acids is 1. The third-order valence-corrected chi connectivity index (χ3v) is 3.75. The van der Waals surface area contributed by atoms with Gasteiger partial charge in [-0.05, 0) is 49.9 Å². The first-order chi connectivity index (χ1) is 9.54. The Balaban J connectivity index is 1.82. The summed E-state index contributed by atoms with van der Waals surface area (Å²) < 4.78 is 0. The van der Waals surface area contributed by atoms with E-state index >= 15 is 0 Å². The summed E-state index contributed by atoms with van der Waals surface area (Å²) in [5.74, 6) is -0.115. The van der Waals surface area contributed by atoms with E-state index in [9.17, 15) is 9.59 Å². The van der Waals surface area contributed by atoms with E-state index in [4.69, 9.17) is 16.7 Å². The molecule has 1 aromatic carbocycles. The number of nitrogens with one attached hydrogen (secondary N) is 2. The van der Waals surface area contributed by atoms with Crippen molar-refractivity contribution in [3.8, 4) is 0 Å². The van der Waals surface area contributed by atoms with Crippen LogP contribution in [0.2, 0.25) is 5.02 Å². The average Bonchev–Trinajstić information content (AvgIpc) is 2.41. The zero-order chi connectivity index (χ0) is 14.5. The molecular formula is C14H17ClN2O3. The van der Waals surface area contributed by atoms with Crippen LogP contribution in [0.25, 0.3) is 0 Å². The van der Waals surface area contributed by atoms with Crippen LogP contribution in [0, 0.1) is 0 Å². The third kappa shape index (κ3) is 4.13. The molecule has 3 N–H and O–H groups in total. The largest absolute Gasteiger partial charge is 0.465 e. The van der Waals surface area contributed by atoms with Crippen molar-refractivity contribution in [3.63, 3.8) is 0 Å².